The Morgan fingerprint density at radius 2 is 1.96 bits per heavy atom. The van der Waals surface area contributed by atoms with Gasteiger partial charge in [-0.25, -0.2) is 9.18 Å². The third-order valence-electron chi connectivity index (χ3n) is 4.17. The van der Waals surface area contributed by atoms with Crippen LogP contribution < -0.4 is 5.32 Å². The Hall–Kier alpha value is -2.34. The molecule has 1 aliphatic rings. The van der Waals surface area contributed by atoms with Gasteiger partial charge < -0.3 is 19.4 Å². The summed E-state index contributed by atoms with van der Waals surface area (Å²) in [6, 6.07) is 10.1. The quantitative estimate of drug-likeness (QED) is 0.916. The topological polar surface area (TPSA) is 54.7 Å². The molecule has 128 valence electrons. The van der Waals surface area contributed by atoms with Crippen LogP contribution in [0.1, 0.15) is 23.7 Å². The molecule has 3 rings (SSSR count). The minimum Gasteiger partial charge on any atom is -0.469 e. The van der Waals surface area contributed by atoms with Crippen molar-refractivity contribution in [2.75, 3.05) is 32.8 Å². The molecule has 1 fully saturated rings. The van der Waals surface area contributed by atoms with Gasteiger partial charge in [-0.1, -0.05) is 12.1 Å². The van der Waals surface area contributed by atoms with E-state index in [1.54, 1.807) is 23.3 Å². The third-order valence-corrected chi connectivity index (χ3v) is 4.17. The number of nitrogens with zero attached hydrogens (tertiary/aromatic N) is 1. The summed E-state index contributed by atoms with van der Waals surface area (Å²) >= 11 is 0. The molecule has 1 saturated heterocycles. The van der Waals surface area contributed by atoms with Gasteiger partial charge >= 0.3 is 6.03 Å². The lowest BCUT2D eigenvalue weighted by atomic mass is 9.93. The van der Waals surface area contributed by atoms with Crippen molar-refractivity contribution >= 4 is 6.03 Å². The van der Waals surface area contributed by atoms with Gasteiger partial charge in [-0.05, 0) is 36.2 Å². The van der Waals surface area contributed by atoms with Crippen LogP contribution in [0, 0.1) is 5.82 Å². The average Bonchev–Trinajstić information content (AvgIpc) is 3.15. The summed E-state index contributed by atoms with van der Waals surface area (Å²) in [5, 5.41) is 2.94. The van der Waals surface area contributed by atoms with Gasteiger partial charge in [-0.15, -0.1) is 0 Å². The predicted octanol–water partition coefficient (Wildman–Crippen LogP) is 2.98. The van der Waals surface area contributed by atoms with Crippen LogP contribution in [0.3, 0.4) is 0 Å². The molecule has 0 bridgehead atoms. The van der Waals surface area contributed by atoms with E-state index in [1.165, 1.54) is 12.1 Å². The number of carbonyl (C=O) groups excluding carboxylic acids is 1. The first-order valence-corrected chi connectivity index (χ1v) is 8.13. The number of urea groups is 1. The molecule has 2 heterocycles. The van der Waals surface area contributed by atoms with Crippen molar-refractivity contribution in [3.05, 3.63) is 59.8 Å². The minimum absolute atomic E-state index is 0.0226. The van der Waals surface area contributed by atoms with Crippen molar-refractivity contribution < 1.29 is 18.3 Å². The highest BCUT2D eigenvalue weighted by molar-refractivity contribution is 5.74. The molecule has 1 aliphatic heterocycles. The molecular weight excluding hydrogens is 311 g/mol. The van der Waals surface area contributed by atoms with Crippen LogP contribution in [-0.4, -0.2) is 43.8 Å². The fraction of sp³-hybridized carbons (Fsp3) is 0.389. The van der Waals surface area contributed by atoms with E-state index in [1.807, 2.05) is 12.1 Å². The Kier molecular flexibility index (Phi) is 5.48. The molecule has 6 heteroatoms. The van der Waals surface area contributed by atoms with Crippen LogP contribution in [-0.2, 0) is 4.74 Å². The summed E-state index contributed by atoms with van der Waals surface area (Å²) in [5.74, 6) is 0.519. The molecule has 1 aromatic heterocycles. The zero-order chi connectivity index (χ0) is 16.8. The van der Waals surface area contributed by atoms with Gasteiger partial charge in [0.25, 0.3) is 0 Å². The number of rotatable bonds is 5. The molecule has 0 radical (unpaired) electrons. The molecule has 0 saturated carbocycles. The van der Waals surface area contributed by atoms with Gasteiger partial charge in [-0.3, -0.25) is 0 Å². The van der Waals surface area contributed by atoms with Gasteiger partial charge in [0.15, 0.2) is 0 Å². The molecule has 1 aromatic carbocycles. The molecule has 0 aliphatic carbocycles. The number of morpholine rings is 1. The van der Waals surface area contributed by atoms with Gasteiger partial charge in [0.1, 0.15) is 11.6 Å². The van der Waals surface area contributed by atoms with E-state index in [9.17, 15) is 9.18 Å². The lowest BCUT2D eigenvalue weighted by Crippen LogP contribution is -2.46. The Bertz CT molecular complexity index is 637. The van der Waals surface area contributed by atoms with Crippen LogP contribution in [0.25, 0.3) is 0 Å². The molecule has 1 unspecified atom stereocenters. The first-order chi connectivity index (χ1) is 11.7. The van der Waals surface area contributed by atoms with Crippen molar-refractivity contribution in [1.82, 2.24) is 10.2 Å². The number of ether oxygens (including phenoxy) is 1. The number of benzene rings is 1. The summed E-state index contributed by atoms with van der Waals surface area (Å²) < 4.78 is 23.9. The standard InChI is InChI=1S/C18H21FN2O3/c19-15-5-3-14(4-6-15)16(17-2-1-11-24-17)7-8-20-18(22)21-9-12-23-13-10-21/h1-6,11,16H,7-10,12-13H2,(H,20,22). The Morgan fingerprint density at radius 1 is 1.21 bits per heavy atom. The SMILES string of the molecule is O=C(NCCC(c1ccc(F)cc1)c1ccco1)N1CCOCC1. The zero-order valence-corrected chi connectivity index (χ0v) is 13.4. The molecule has 0 spiro atoms. The van der Waals surface area contributed by atoms with E-state index >= 15 is 0 Å². The van der Waals surface area contributed by atoms with Crippen LogP contribution in [0.15, 0.2) is 47.1 Å². The van der Waals surface area contributed by atoms with Crippen LogP contribution in [0.2, 0.25) is 0 Å². The summed E-state index contributed by atoms with van der Waals surface area (Å²) in [5.41, 5.74) is 0.965. The fourth-order valence-corrected chi connectivity index (χ4v) is 2.86. The average molecular weight is 332 g/mol. The second kappa shape index (κ2) is 7.97. The molecule has 5 nitrogen and oxygen atoms in total. The second-order valence-corrected chi connectivity index (χ2v) is 5.74. The van der Waals surface area contributed by atoms with Crippen molar-refractivity contribution in [1.29, 1.82) is 0 Å². The maximum absolute atomic E-state index is 13.2. The predicted molar refractivity (Wildman–Crippen MR) is 87.4 cm³/mol. The summed E-state index contributed by atoms with van der Waals surface area (Å²) in [6.07, 6.45) is 2.30. The lowest BCUT2D eigenvalue weighted by molar-refractivity contribution is 0.0532. The normalized spacial score (nSPS) is 16.0. The van der Waals surface area contributed by atoms with E-state index in [4.69, 9.17) is 9.15 Å². The highest BCUT2D eigenvalue weighted by Gasteiger charge is 2.19. The lowest BCUT2D eigenvalue weighted by Gasteiger charge is -2.27. The van der Waals surface area contributed by atoms with Gasteiger partial charge in [0.2, 0.25) is 0 Å². The number of furan rings is 1. The number of nitrogens with one attached hydrogen (secondary N) is 1. The number of amides is 2. The minimum atomic E-state index is -0.266. The number of halogens is 1. The number of hydrogen-bond donors (Lipinski definition) is 1. The highest BCUT2D eigenvalue weighted by atomic mass is 19.1. The van der Waals surface area contributed by atoms with E-state index in [0.29, 0.717) is 39.3 Å². The first-order valence-electron chi connectivity index (χ1n) is 8.13. The van der Waals surface area contributed by atoms with Crippen molar-refractivity contribution in [2.45, 2.75) is 12.3 Å². The maximum atomic E-state index is 13.2. The van der Waals surface area contributed by atoms with Crippen LogP contribution in [0.5, 0.6) is 0 Å². The van der Waals surface area contributed by atoms with E-state index < -0.39 is 0 Å². The summed E-state index contributed by atoms with van der Waals surface area (Å²) in [4.78, 5) is 13.9. The van der Waals surface area contributed by atoms with Gasteiger partial charge in [0.05, 0.1) is 19.5 Å². The van der Waals surface area contributed by atoms with E-state index in [0.717, 1.165) is 11.3 Å². The second-order valence-electron chi connectivity index (χ2n) is 5.74. The highest BCUT2D eigenvalue weighted by Crippen LogP contribution is 2.28. The molecule has 1 N–H and O–H groups in total. The zero-order valence-electron chi connectivity index (χ0n) is 13.4. The molecular formula is C18H21FN2O3. The summed E-state index contributed by atoms with van der Waals surface area (Å²) in [7, 11) is 0. The number of carbonyl (C=O) groups is 1. The Labute approximate surface area is 140 Å². The van der Waals surface area contributed by atoms with Crippen LogP contribution >= 0.6 is 0 Å². The van der Waals surface area contributed by atoms with Crippen molar-refractivity contribution in [3.8, 4) is 0 Å². The van der Waals surface area contributed by atoms with Gasteiger partial charge in [0, 0.05) is 25.6 Å². The van der Waals surface area contributed by atoms with Gasteiger partial charge in [-0.2, -0.15) is 0 Å². The maximum Gasteiger partial charge on any atom is 0.317 e. The summed E-state index contributed by atoms with van der Waals surface area (Å²) in [6.45, 7) is 2.91. The molecule has 2 amide bonds. The number of hydrogen-bond acceptors (Lipinski definition) is 3. The fourth-order valence-electron chi connectivity index (χ4n) is 2.86. The Morgan fingerprint density at radius 3 is 2.62 bits per heavy atom. The smallest absolute Gasteiger partial charge is 0.317 e. The first kappa shape index (κ1) is 16.5. The van der Waals surface area contributed by atoms with E-state index in [2.05, 4.69) is 5.32 Å². The molecule has 1 atom stereocenters. The molecule has 2 aromatic rings. The van der Waals surface area contributed by atoms with Crippen LogP contribution in [0.4, 0.5) is 9.18 Å². The monoisotopic (exact) mass is 332 g/mol. The Balaban J connectivity index is 1.60. The third kappa shape index (κ3) is 4.14. The van der Waals surface area contributed by atoms with Crippen molar-refractivity contribution in [3.63, 3.8) is 0 Å². The largest absolute Gasteiger partial charge is 0.469 e. The van der Waals surface area contributed by atoms with Crippen molar-refractivity contribution in [2.24, 2.45) is 0 Å². The molecule has 24 heavy (non-hydrogen) atoms. The van der Waals surface area contributed by atoms with E-state index in [-0.39, 0.29) is 17.8 Å².